The van der Waals surface area contributed by atoms with Crippen LogP contribution in [0.25, 0.3) is 0 Å². The van der Waals surface area contributed by atoms with E-state index in [-0.39, 0.29) is 6.04 Å². The van der Waals surface area contributed by atoms with Crippen molar-refractivity contribution in [1.82, 2.24) is 0 Å². The smallest absolute Gasteiger partial charge is 0.119 e. The van der Waals surface area contributed by atoms with Gasteiger partial charge >= 0.3 is 0 Å². The third-order valence-electron chi connectivity index (χ3n) is 2.73. The zero-order chi connectivity index (χ0) is 10.1. The summed E-state index contributed by atoms with van der Waals surface area (Å²) in [7, 11) is 1.69. The van der Waals surface area contributed by atoms with Gasteiger partial charge in [-0.1, -0.05) is 0 Å². The summed E-state index contributed by atoms with van der Waals surface area (Å²) in [6, 6.07) is 6.63. The van der Waals surface area contributed by atoms with Gasteiger partial charge in [0.1, 0.15) is 5.75 Å². The maximum absolute atomic E-state index is 5.85. The molecule has 0 saturated heterocycles. The van der Waals surface area contributed by atoms with Crippen molar-refractivity contribution in [2.75, 3.05) is 12.4 Å². The van der Waals surface area contributed by atoms with Crippen LogP contribution in [-0.4, -0.2) is 19.2 Å². The molecule has 0 fully saturated rings. The number of hydrogen-bond donors (Lipinski definition) is 2. The predicted octanol–water partition coefficient (Wildman–Crippen LogP) is 1.38. The zero-order valence-electron chi connectivity index (χ0n) is 8.58. The number of anilines is 1. The van der Waals surface area contributed by atoms with E-state index in [4.69, 9.17) is 10.5 Å². The first-order valence-electron chi connectivity index (χ1n) is 4.89. The van der Waals surface area contributed by atoms with E-state index >= 15 is 0 Å². The first-order valence-corrected chi connectivity index (χ1v) is 4.89. The van der Waals surface area contributed by atoms with Crippen LogP contribution in [0.2, 0.25) is 0 Å². The molecule has 76 valence electrons. The van der Waals surface area contributed by atoms with E-state index in [1.807, 2.05) is 13.0 Å². The zero-order valence-corrected chi connectivity index (χ0v) is 8.58. The van der Waals surface area contributed by atoms with E-state index in [1.165, 1.54) is 11.3 Å². The maximum Gasteiger partial charge on any atom is 0.119 e. The Kier molecular flexibility index (Phi) is 2.33. The monoisotopic (exact) mass is 192 g/mol. The minimum absolute atomic E-state index is 0.174. The number of nitrogens with one attached hydrogen (secondary N) is 1. The van der Waals surface area contributed by atoms with Crippen LogP contribution in [0.15, 0.2) is 18.2 Å². The Morgan fingerprint density at radius 1 is 1.57 bits per heavy atom. The minimum atomic E-state index is 0.174. The molecule has 0 saturated carbocycles. The third kappa shape index (κ3) is 1.55. The highest BCUT2D eigenvalue weighted by Crippen LogP contribution is 2.29. The van der Waals surface area contributed by atoms with Crippen molar-refractivity contribution in [2.24, 2.45) is 5.73 Å². The van der Waals surface area contributed by atoms with Crippen molar-refractivity contribution in [3.63, 3.8) is 0 Å². The van der Waals surface area contributed by atoms with E-state index in [2.05, 4.69) is 17.4 Å². The van der Waals surface area contributed by atoms with Crippen LogP contribution in [0.5, 0.6) is 5.75 Å². The average Bonchev–Trinajstić information content (AvgIpc) is 2.59. The lowest BCUT2D eigenvalue weighted by Crippen LogP contribution is -2.36. The fourth-order valence-electron chi connectivity index (χ4n) is 1.81. The van der Waals surface area contributed by atoms with Gasteiger partial charge in [-0.25, -0.2) is 0 Å². The van der Waals surface area contributed by atoms with Gasteiger partial charge in [0.25, 0.3) is 0 Å². The van der Waals surface area contributed by atoms with Crippen LogP contribution in [0.3, 0.4) is 0 Å². The van der Waals surface area contributed by atoms with Crippen LogP contribution < -0.4 is 15.8 Å². The van der Waals surface area contributed by atoms with Gasteiger partial charge in [-0.2, -0.15) is 0 Å². The van der Waals surface area contributed by atoms with E-state index in [1.54, 1.807) is 7.11 Å². The molecule has 0 aromatic heterocycles. The van der Waals surface area contributed by atoms with E-state index in [0.29, 0.717) is 6.04 Å². The summed E-state index contributed by atoms with van der Waals surface area (Å²) in [5, 5.41) is 3.40. The SMILES string of the molecule is COc1ccc2c(c1)CC(C(C)N)N2. The van der Waals surface area contributed by atoms with Crippen molar-refractivity contribution >= 4 is 5.69 Å². The lowest BCUT2D eigenvalue weighted by molar-refractivity contribution is 0.414. The van der Waals surface area contributed by atoms with Crippen LogP contribution in [-0.2, 0) is 6.42 Å². The first-order chi connectivity index (χ1) is 6.70. The normalized spacial score (nSPS) is 21.2. The molecule has 2 unspecified atom stereocenters. The molecule has 0 bridgehead atoms. The molecule has 3 heteroatoms. The molecule has 2 rings (SSSR count). The molecule has 0 amide bonds. The number of methoxy groups -OCH3 is 1. The second kappa shape index (κ2) is 3.50. The van der Waals surface area contributed by atoms with Gasteiger partial charge in [-0.15, -0.1) is 0 Å². The van der Waals surface area contributed by atoms with Crippen molar-refractivity contribution in [3.05, 3.63) is 23.8 Å². The van der Waals surface area contributed by atoms with Crippen LogP contribution in [0, 0.1) is 0 Å². The Morgan fingerprint density at radius 2 is 2.36 bits per heavy atom. The minimum Gasteiger partial charge on any atom is -0.497 e. The molecule has 2 atom stereocenters. The Morgan fingerprint density at radius 3 is 3.00 bits per heavy atom. The number of nitrogens with two attached hydrogens (primary N) is 1. The fourth-order valence-corrected chi connectivity index (χ4v) is 1.81. The van der Waals surface area contributed by atoms with Crippen LogP contribution in [0.1, 0.15) is 12.5 Å². The Labute approximate surface area is 84.3 Å². The van der Waals surface area contributed by atoms with Gasteiger partial charge in [0.2, 0.25) is 0 Å². The fraction of sp³-hybridized carbons (Fsp3) is 0.455. The average molecular weight is 192 g/mol. The highest BCUT2D eigenvalue weighted by Gasteiger charge is 2.23. The van der Waals surface area contributed by atoms with Crippen molar-refractivity contribution in [2.45, 2.75) is 25.4 Å². The number of fused-ring (bicyclic) bond motifs is 1. The summed E-state index contributed by atoms with van der Waals surface area (Å²) < 4.78 is 5.18. The van der Waals surface area contributed by atoms with E-state index in [9.17, 15) is 0 Å². The molecule has 3 nitrogen and oxygen atoms in total. The topological polar surface area (TPSA) is 47.3 Å². The van der Waals surface area contributed by atoms with E-state index < -0.39 is 0 Å². The quantitative estimate of drug-likeness (QED) is 0.744. The number of ether oxygens (including phenoxy) is 1. The van der Waals surface area contributed by atoms with Crippen molar-refractivity contribution < 1.29 is 4.74 Å². The molecular weight excluding hydrogens is 176 g/mol. The molecule has 3 N–H and O–H groups in total. The van der Waals surface area contributed by atoms with Crippen molar-refractivity contribution in [1.29, 1.82) is 0 Å². The van der Waals surface area contributed by atoms with E-state index in [0.717, 1.165) is 12.2 Å². The molecule has 0 spiro atoms. The molecule has 0 aliphatic carbocycles. The maximum atomic E-state index is 5.85. The lowest BCUT2D eigenvalue weighted by Gasteiger charge is -2.14. The molecule has 1 aliphatic rings. The summed E-state index contributed by atoms with van der Waals surface area (Å²) in [4.78, 5) is 0. The molecule has 1 aliphatic heterocycles. The highest BCUT2D eigenvalue weighted by atomic mass is 16.5. The number of benzene rings is 1. The third-order valence-corrected chi connectivity index (χ3v) is 2.73. The number of hydrogen-bond acceptors (Lipinski definition) is 3. The van der Waals surface area contributed by atoms with Crippen molar-refractivity contribution in [3.8, 4) is 5.75 Å². The molecule has 1 aromatic carbocycles. The Balaban J connectivity index is 2.22. The van der Waals surface area contributed by atoms with Gasteiger partial charge in [0.05, 0.1) is 7.11 Å². The second-order valence-electron chi connectivity index (χ2n) is 3.84. The lowest BCUT2D eigenvalue weighted by atomic mass is 10.1. The molecular formula is C11H16N2O. The highest BCUT2D eigenvalue weighted by molar-refractivity contribution is 5.59. The largest absolute Gasteiger partial charge is 0.497 e. The standard InChI is InChI=1S/C11H16N2O/c1-7(12)11-6-8-5-9(14-2)3-4-10(8)13-11/h3-5,7,11,13H,6,12H2,1-2H3. The van der Waals surface area contributed by atoms with Gasteiger partial charge in [-0.3, -0.25) is 0 Å². The van der Waals surface area contributed by atoms with Crippen LogP contribution in [0.4, 0.5) is 5.69 Å². The molecule has 14 heavy (non-hydrogen) atoms. The molecule has 1 aromatic rings. The summed E-state index contributed by atoms with van der Waals surface area (Å²) in [6.07, 6.45) is 0.990. The first kappa shape index (κ1) is 9.34. The summed E-state index contributed by atoms with van der Waals surface area (Å²) in [6.45, 7) is 2.03. The second-order valence-corrected chi connectivity index (χ2v) is 3.84. The van der Waals surface area contributed by atoms with Gasteiger partial charge in [0.15, 0.2) is 0 Å². The Bertz CT molecular complexity index is 336. The van der Waals surface area contributed by atoms with Gasteiger partial charge in [0, 0.05) is 17.8 Å². The summed E-state index contributed by atoms with van der Waals surface area (Å²) in [5.74, 6) is 0.913. The molecule has 0 radical (unpaired) electrons. The Hall–Kier alpha value is -1.22. The molecule has 1 heterocycles. The predicted molar refractivity (Wildman–Crippen MR) is 57.8 cm³/mol. The number of rotatable bonds is 2. The van der Waals surface area contributed by atoms with Crippen LogP contribution >= 0.6 is 0 Å². The summed E-state index contributed by atoms with van der Waals surface area (Å²) >= 11 is 0. The van der Waals surface area contributed by atoms with Gasteiger partial charge in [-0.05, 0) is 37.1 Å². The van der Waals surface area contributed by atoms with Gasteiger partial charge < -0.3 is 15.8 Å². The summed E-state index contributed by atoms with van der Waals surface area (Å²) in [5.41, 5.74) is 8.34.